The molecule has 0 spiro atoms. The van der Waals surface area contributed by atoms with Crippen molar-refractivity contribution in [3.05, 3.63) is 95.8 Å². The van der Waals surface area contributed by atoms with Crippen molar-refractivity contribution in [2.75, 3.05) is 6.61 Å². The highest BCUT2D eigenvalue weighted by Gasteiger charge is 2.27. The number of carbonyl (C=O) groups excluding carboxylic acids is 1. The number of carbonyl (C=O) groups is 1. The number of esters is 1. The largest absolute Gasteiger partial charge is 0.465 e. The van der Waals surface area contributed by atoms with Gasteiger partial charge >= 0.3 is 5.97 Å². The Balaban J connectivity index is 1.82. The second-order valence-corrected chi connectivity index (χ2v) is 8.22. The normalized spacial score (nSPS) is 11.8. The van der Waals surface area contributed by atoms with Crippen LogP contribution in [0, 0.1) is 12.7 Å². The monoisotopic (exact) mass is 447 g/mol. The van der Waals surface area contributed by atoms with Gasteiger partial charge in [0.15, 0.2) is 11.0 Å². The van der Waals surface area contributed by atoms with Gasteiger partial charge in [-0.2, -0.15) is 0 Å². The maximum Gasteiger partial charge on any atom is 0.324 e. The van der Waals surface area contributed by atoms with Gasteiger partial charge < -0.3 is 4.74 Å². The zero-order valence-corrected chi connectivity index (χ0v) is 18.6. The minimum Gasteiger partial charge on any atom is -0.465 e. The second kappa shape index (κ2) is 9.78. The van der Waals surface area contributed by atoms with Crippen LogP contribution in [0.15, 0.2) is 84.0 Å². The maximum absolute atomic E-state index is 13.9. The van der Waals surface area contributed by atoms with E-state index < -0.39 is 5.25 Å². The van der Waals surface area contributed by atoms with E-state index in [9.17, 15) is 9.18 Å². The first-order valence-electron chi connectivity index (χ1n) is 10.2. The first-order valence-corrected chi connectivity index (χ1v) is 11.1. The Labute approximate surface area is 190 Å². The highest BCUT2D eigenvalue weighted by Crippen LogP contribution is 2.38. The molecular weight excluding hydrogens is 425 g/mol. The van der Waals surface area contributed by atoms with Crippen molar-refractivity contribution >= 4 is 17.7 Å². The molecule has 0 radical (unpaired) electrons. The summed E-state index contributed by atoms with van der Waals surface area (Å²) in [5, 5.41) is 8.62. The van der Waals surface area contributed by atoms with Crippen molar-refractivity contribution < 1.29 is 13.9 Å². The van der Waals surface area contributed by atoms with Gasteiger partial charge in [-0.3, -0.25) is 9.36 Å². The number of aryl methyl sites for hydroxylation is 1. The molecule has 1 atom stereocenters. The molecule has 0 saturated carbocycles. The van der Waals surface area contributed by atoms with Crippen LogP contribution in [-0.2, 0) is 9.53 Å². The molecule has 0 aliphatic carbocycles. The summed E-state index contributed by atoms with van der Waals surface area (Å²) in [5.74, 6) is -0.218. The number of thioether (sulfide) groups is 1. The number of nitrogens with zero attached hydrogens (tertiary/aromatic N) is 3. The van der Waals surface area contributed by atoms with Crippen molar-refractivity contribution in [2.45, 2.75) is 24.3 Å². The van der Waals surface area contributed by atoms with Crippen LogP contribution < -0.4 is 0 Å². The summed E-state index contributed by atoms with van der Waals surface area (Å²) >= 11 is 1.26. The molecule has 32 heavy (non-hydrogen) atoms. The summed E-state index contributed by atoms with van der Waals surface area (Å²) in [5.41, 5.74) is 3.33. The Kier molecular flexibility index (Phi) is 6.66. The number of ether oxygens (including phenoxy) is 1. The van der Waals surface area contributed by atoms with Crippen LogP contribution >= 0.6 is 11.8 Å². The number of aromatic nitrogens is 3. The third kappa shape index (κ3) is 4.73. The lowest BCUT2D eigenvalue weighted by molar-refractivity contribution is -0.142. The lowest BCUT2D eigenvalue weighted by atomic mass is 10.1. The number of benzene rings is 3. The Hall–Kier alpha value is -3.45. The third-order valence-corrected chi connectivity index (χ3v) is 6.01. The van der Waals surface area contributed by atoms with Crippen LogP contribution in [-0.4, -0.2) is 27.3 Å². The summed E-state index contributed by atoms with van der Waals surface area (Å²) in [6.45, 7) is 4.06. The smallest absolute Gasteiger partial charge is 0.324 e. The van der Waals surface area contributed by atoms with Crippen LogP contribution in [0.4, 0.5) is 4.39 Å². The molecule has 1 heterocycles. The average molecular weight is 448 g/mol. The molecular formula is C25H22FN3O2S. The number of hydrogen-bond acceptors (Lipinski definition) is 5. The van der Waals surface area contributed by atoms with Gasteiger partial charge in [0, 0.05) is 11.3 Å². The molecule has 0 saturated heterocycles. The summed E-state index contributed by atoms with van der Waals surface area (Å²) in [6, 6.07) is 23.5. The average Bonchev–Trinajstić information content (AvgIpc) is 3.22. The molecule has 162 valence electrons. The van der Waals surface area contributed by atoms with Gasteiger partial charge in [0.05, 0.1) is 6.61 Å². The summed E-state index contributed by atoms with van der Waals surface area (Å²) in [6.07, 6.45) is 0. The van der Waals surface area contributed by atoms with Gasteiger partial charge in [0.25, 0.3) is 0 Å². The molecule has 3 aromatic carbocycles. The van der Waals surface area contributed by atoms with Crippen LogP contribution in [0.25, 0.3) is 17.1 Å². The van der Waals surface area contributed by atoms with Gasteiger partial charge in [0.1, 0.15) is 11.1 Å². The molecule has 1 unspecified atom stereocenters. The molecule has 5 nitrogen and oxygen atoms in total. The fourth-order valence-electron chi connectivity index (χ4n) is 3.29. The van der Waals surface area contributed by atoms with Crippen LogP contribution in [0.3, 0.4) is 0 Å². The van der Waals surface area contributed by atoms with E-state index in [0.29, 0.717) is 16.5 Å². The Morgan fingerprint density at radius 1 is 1.03 bits per heavy atom. The first-order chi connectivity index (χ1) is 15.6. The second-order valence-electron chi connectivity index (χ2n) is 7.15. The van der Waals surface area contributed by atoms with Crippen molar-refractivity contribution in [3.8, 4) is 17.1 Å². The SMILES string of the molecule is CCOC(=O)C(Sc1nnc(-c2cccc(F)c2)n1-c1ccc(C)cc1)c1ccccc1. The summed E-state index contributed by atoms with van der Waals surface area (Å²) in [4.78, 5) is 12.8. The molecule has 7 heteroatoms. The Bertz CT molecular complexity index is 1210. The standard InChI is InChI=1S/C25H22FN3O2S/c1-3-31-24(30)22(18-8-5-4-6-9-18)32-25-28-27-23(19-10-7-11-20(26)16-19)29(25)21-14-12-17(2)13-15-21/h4-16,22H,3H2,1-2H3. The number of halogens is 1. The van der Waals surface area contributed by atoms with Crippen LogP contribution in [0.5, 0.6) is 0 Å². The van der Waals surface area contributed by atoms with E-state index in [1.54, 1.807) is 19.1 Å². The lowest BCUT2D eigenvalue weighted by Crippen LogP contribution is -2.14. The molecule has 0 amide bonds. The molecule has 4 rings (SSSR count). The molecule has 0 fully saturated rings. The molecule has 0 aliphatic rings. The minimum atomic E-state index is -0.620. The van der Waals surface area contributed by atoms with E-state index in [0.717, 1.165) is 16.8 Å². The number of rotatable bonds is 7. The number of hydrogen-bond donors (Lipinski definition) is 0. The molecule has 1 aromatic heterocycles. The highest BCUT2D eigenvalue weighted by molar-refractivity contribution is 8.00. The van der Waals surface area contributed by atoms with Crippen molar-refractivity contribution in [3.63, 3.8) is 0 Å². The maximum atomic E-state index is 13.9. The molecule has 0 N–H and O–H groups in total. The Morgan fingerprint density at radius 3 is 2.47 bits per heavy atom. The van der Waals surface area contributed by atoms with Crippen molar-refractivity contribution in [2.24, 2.45) is 0 Å². The Morgan fingerprint density at radius 2 is 1.78 bits per heavy atom. The lowest BCUT2D eigenvalue weighted by Gasteiger charge is -2.16. The van der Waals surface area contributed by atoms with Gasteiger partial charge in [-0.1, -0.05) is 71.9 Å². The third-order valence-electron chi connectivity index (χ3n) is 4.83. The van der Waals surface area contributed by atoms with E-state index in [1.165, 1.54) is 23.9 Å². The van der Waals surface area contributed by atoms with E-state index in [4.69, 9.17) is 4.74 Å². The van der Waals surface area contributed by atoms with E-state index >= 15 is 0 Å². The topological polar surface area (TPSA) is 57.0 Å². The quantitative estimate of drug-likeness (QED) is 0.266. The predicted octanol–water partition coefficient (Wildman–Crippen LogP) is 5.78. The van der Waals surface area contributed by atoms with E-state index in [-0.39, 0.29) is 18.4 Å². The van der Waals surface area contributed by atoms with Crippen LogP contribution in [0.2, 0.25) is 0 Å². The zero-order valence-electron chi connectivity index (χ0n) is 17.7. The minimum absolute atomic E-state index is 0.280. The highest BCUT2D eigenvalue weighted by atomic mass is 32.2. The van der Waals surface area contributed by atoms with E-state index in [2.05, 4.69) is 10.2 Å². The van der Waals surface area contributed by atoms with Gasteiger partial charge in [0.2, 0.25) is 0 Å². The molecule has 0 aliphatic heterocycles. The zero-order chi connectivity index (χ0) is 22.5. The van der Waals surface area contributed by atoms with Crippen LogP contribution in [0.1, 0.15) is 23.3 Å². The summed E-state index contributed by atoms with van der Waals surface area (Å²) < 4.78 is 21.1. The molecule has 0 bridgehead atoms. The fraction of sp³-hybridized carbons (Fsp3) is 0.160. The van der Waals surface area contributed by atoms with Gasteiger partial charge in [-0.25, -0.2) is 4.39 Å². The summed E-state index contributed by atoms with van der Waals surface area (Å²) in [7, 11) is 0. The van der Waals surface area contributed by atoms with Gasteiger partial charge in [-0.05, 0) is 43.7 Å². The van der Waals surface area contributed by atoms with Gasteiger partial charge in [-0.15, -0.1) is 10.2 Å². The first kappa shape index (κ1) is 21.8. The van der Waals surface area contributed by atoms with Crippen molar-refractivity contribution in [1.29, 1.82) is 0 Å². The predicted molar refractivity (Wildman–Crippen MR) is 123 cm³/mol. The van der Waals surface area contributed by atoms with Crippen molar-refractivity contribution in [1.82, 2.24) is 14.8 Å². The molecule has 4 aromatic rings. The van der Waals surface area contributed by atoms with E-state index in [1.807, 2.05) is 66.1 Å². The fourth-order valence-corrected chi connectivity index (χ4v) is 4.34.